The fourth-order valence-corrected chi connectivity index (χ4v) is 4.58. The fourth-order valence-electron chi connectivity index (χ4n) is 2.93. The molecule has 0 saturated carbocycles. The highest BCUT2D eigenvalue weighted by atomic mass is 35.5. The Hall–Kier alpha value is -2.58. The first kappa shape index (κ1) is 20.2. The van der Waals surface area contributed by atoms with Gasteiger partial charge in [0.15, 0.2) is 0 Å². The minimum atomic E-state index is -3.71. The van der Waals surface area contributed by atoms with E-state index in [1.54, 1.807) is 7.11 Å². The van der Waals surface area contributed by atoms with Crippen LogP contribution in [0.2, 0.25) is 5.02 Å². The number of carbonyl (C=O) groups is 2. The van der Waals surface area contributed by atoms with Crippen molar-refractivity contribution in [1.29, 1.82) is 0 Å². The summed E-state index contributed by atoms with van der Waals surface area (Å²) in [7, 11) is -2.12. The number of benzene rings is 2. The normalized spacial score (nSPS) is 15.5. The summed E-state index contributed by atoms with van der Waals surface area (Å²) in [6.07, 6.45) is 0.506. The Morgan fingerprint density at radius 3 is 2.71 bits per heavy atom. The monoisotopic (exact) mass is 422 g/mol. The van der Waals surface area contributed by atoms with Crippen LogP contribution in [0.4, 0.5) is 5.69 Å². The summed E-state index contributed by atoms with van der Waals surface area (Å²) in [5.74, 6) is -0.474. The molecule has 0 atom stereocenters. The lowest BCUT2D eigenvalue weighted by Gasteiger charge is -2.16. The van der Waals surface area contributed by atoms with Gasteiger partial charge >= 0.3 is 0 Å². The molecule has 3 rings (SSSR count). The lowest BCUT2D eigenvalue weighted by Crippen LogP contribution is -2.30. The van der Waals surface area contributed by atoms with Gasteiger partial charge < -0.3 is 10.1 Å². The van der Waals surface area contributed by atoms with Gasteiger partial charge in [0.1, 0.15) is 5.75 Å². The quantitative estimate of drug-likeness (QED) is 0.771. The number of ether oxygens (including phenoxy) is 1. The van der Waals surface area contributed by atoms with Crippen molar-refractivity contribution in [3.8, 4) is 5.75 Å². The first-order chi connectivity index (χ1) is 13.3. The summed E-state index contributed by atoms with van der Waals surface area (Å²) in [5.41, 5.74) is 1.22. The van der Waals surface area contributed by atoms with E-state index in [1.807, 2.05) is 24.3 Å². The highest BCUT2D eigenvalue weighted by molar-refractivity contribution is 7.94. The highest BCUT2D eigenvalue weighted by Crippen LogP contribution is 2.29. The summed E-state index contributed by atoms with van der Waals surface area (Å²) in [6.45, 7) is 0.355. The number of nitrogens with one attached hydrogen (secondary N) is 1. The number of hydrogen-bond acceptors (Lipinski definition) is 5. The van der Waals surface area contributed by atoms with Crippen molar-refractivity contribution < 1.29 is 22.7 Å². The Balaban J connectivity index is 1.72. The molecular weight excluding hydrogens is 404 g/mol. The van der Waals surface area contributed by atoms with E-state index in [9.17, 15) is 18.0 Å². The van der Waals surface area contributed by atoms with Gasteiger partial charge in [-0.15, -0.1) is 0 Å². The number of methoxy groups -OCH3 is 1. The van der Waals surface area contributed by atoms with Gasteiger partial charge in [0.2, 0.25) is 15.9 Å². The van der Waals surface area contributed by atoms with Gasteiger partial charge in [0.05, 0.1) is 29.1 Å². The molecule has 7 nitrogen and oxygen atoms in total. The third-order valence-electron chi connectivity index (χ3n) is 4.34. The first-order valence-electron chi connectivity index (χ1n) is 8.58. The van der Waals surface area contributed by atoms with E-state index in [0.29, 0.717) is 13.0 Å². The highest BCUT2D eigenvalue weighted by Gasteiger charge is 2.36. The SMILES string of the molecule is COc1cccc(CCNC(=O)c2cc(N3C(=O)CCS3(=O)=O)ccc2Cl)c1. The molecule has 148 valence electrons. The molecule has 0 bridgehead atoms. The summed E-state index contributed by atoms with van der Waals surface area (Å²) < 4.78 is 30.1. The van der Waals surface area contributed by atoms with Crippen molar-refractivity contribution in [2.45, 2.75) is 12.8 Å². The lowest BCUT2D eigenvalue weighted by molar-refractivity contribution is -0.116. The van der Waals surface area contributed by atoms with E-state index in [0.717, 1.165) is 15.6 Å². The second-order valence-electron chi connectivity index (χ2n) is 6.25. The zero-order valence-electron chi connectivity index (χ0n) is 15.1. The van der Waals surface area contributed by atoms with Gasteiger partial charge in [-0.05, 0) is 42.3 Å². The van der Waals surface area contributed by atoms with Gasteiger partial charge in [-0.1, -0.05) is 23.7 Å². The Morgan fingerprint density at radius 1 is 1.25 bits per heavy atom. The Kier molecular flexibility index (Phi) is 5.90. The Labute approximate surface area is 168 Å². The molecule has 0 radical (unpaired) electrons. The fraction of sp³-hybridized carbons (Fsp3) is 0.263. The van der Waals surface area contributed by atoms with Crippen LogP contribution >= 0.6 is 11.6 Å². The van der Waals surface area contributed by atoms with E-state index < -0.39 is 21.8 Å². The van der Waals surface area contributed by atoms with Gasteiger partial charge in [0, 0.05) is 13.0 Å². The molecule has 2 aromatic rings. The van der Waals surface area contributed by atoms with E-state index in [-0.39, 0.29) is 28.4 Å². The molecular formula is C19H19ClN2O5S. The molecule has 1 fully saturated rings. The molecule has 1 aliphatic heterocycles. The van der Waals surface area contributed by atoms with Gasteiger partial charge in [0.25, 0.3) is 5.91 Å². The largest absolute Gasteiger partial charge is 0.497 e. The number of hydrogen-bond donors (Lipinski definition) is 1. The molecule has 1 aliphatic rings. The Bertz CT molecular complexity index is 1020. The van der Waals surface area contributed by atoms with Crippen molar-refractivity contribution in [2.75, 3.05) is 23.7 Å². The molecule has 1 saturated heterocycles. The third-order valence-corrected chi connectivity index (χ3v) is 6.36. The second-order valence-corrected chi connectivity index (χ2v) is 8.59. The summed E-state index contributed by atoms with van der Waals surface area (Å²) >= 11 is 6.11. The maximum Gasteiger partial charge on any atom is 0.252 e. The van der Waals surface area contributed by atoms with Crippen LogP contribution in [0.25, 0.3) is 0 Å². The molecule has 2 aromatic carbocycles. The molecule has 0 unspecified atom stereocenters. The number of nitrogens with zero attached hydrogens (tertiary/aromatic N) is 1. The summed E-state index contributed by atoms with van der Waals surface area (Å²) in [6, 6.07) is 11.6. The van der Waals surface area contributed by atoms with Crippen molar-refractivity contribution in [2.24, 2.45) is 0 Å². The number of sulfonamides is 1. The van der Waals surface area contributed by atoms with Crippen LogP contribution in [-0.4, -0.2) is 39.6 Å². The number of amides is 2. The zero-order valence-corrected chi connectivity index (χ0v) is 16.7. The van der Waals surface area contributed by atoms with Crippen molar-refractivity contribution in [3.05, 3.63) is 58.6 Å². The number of rotatable bonds is 6. The lowest BCUT2D eigenvalue weighted by atomic mass is 10.1. The number of carbonyl (C=O) groups excluding carboxylic acids is 2. The first-order valence-corrected chi connectivity index (χ1v) is 10.6. The minimum absolute atomic E-state index is 0.0764. The predicted octanol–water partition coefficient (Wildman–Crippen LogP) is 2.39. The summed E-state index contributed by atoms with van der Waals surface area (Å²) in [5, 5.41) is 2.93. The molecule has 0 spiro atoms. The van der Waals surface area contributed by atoms with Crippen LogP contribution in [0.15, 0.2) is 42.5 Å². The van der Waals surface area contributed by atoms with E-state index >= 15 is 0 Å². The molecule has 1 heterocycles. The topological polar surface area (TPSA) is 92.8 Å². The van der Waals surface area contributed by atoms with Crippen LogP contribution in [0.3, 0.4) is 0 Å². The third kappa shape index (κ3) is 4.28. The smallest absolute Gasteiger partial charge is 0.252 e. The minimum Gasteiger partial charge on any atom is -0.497 e. The van der Waals surface area contributed by atoms with Crippen molar-refractivity contribution in [1.82, 2.24) is 5.32 Å². The van der Waals surface area contributed by atoms with Crippen LogP contribution in [0.5, 0.6) is 5.75 Å². The van der Waals surface area contributed by atoms with E-state index in [4.69, 9.17) is 16.3 Å². The molecule has 2 amide bonds. The number of anilines is 1. The van der Waals surface area contributed by atoms with Crippen molar-refractivity contribution in [3.63, 3.8) is 0 Å². The number of halogens is 1. The average Bonchev–Trinajstić information content (AvgIpc) is 2.95. The van der Waals surface area contributed by atoms with Gasteiger partial charge in [-0.25, -0.2) is 12.7 Å². The summed E-state index contributed by atoms with van der Waals surface area (Å²) in [4.78, 5) is 24.5. The van der Waals surface area contributed by atoms with Crippen LogP contribution in [0, 0.1) is 0 Å². The molecule has 9 heteroatoms. The molecule has 0 aliphatic carbocycles. The van der Waals surface area contributed by atoms with E-state index in [2.05, 4.69) is 5.32 Å². The van der Waals surface area contributed by atoms with Gasteiger partial charge in [-0.2, -0.15) is 0 Å². The van der Waals surface area contributed by atoms with Crippen LogP contribution < -0.4 is 14.4 Å². The van der Waals surface area contributed by atoms with Crippen molar-refractivity contribution >= 4 is 39.1 Å². The van der Waals surface area contributed by atoms with Crippen LogP contribution in [0.1, 0.15) is 22.3 Å². The maximum absolute atomic E-state index is 12.5. The van der Waals surface area contributed by atoms with Gasteiger partial charge in [-0.3, -0.25) is 9.59 Å². The predicted molar refractivity (Wildman–Crippen MR) is 106 cm³/mol. The maximum atomic E-state index is 12.5. The molecule has 28 heavy (non-hydrogen) atoms. The average molecular weight is 423 g/mol. The van der Waals surface area contributed by atoms with E-state index in [1.165, 1.54) is 18.2 Å². The second kappa shape index (κ2) is 8.20. The Morgan fingerprint density at radius 2 is 2.04 bits per heavy atom. The molecule has 1 N–H and O–H groups in total. The van der Waals surface area contributed by atoms with Crippen LogP contribution in [-0.2, 0) is 21.2 Å². The standard InChI is InChI=1S/C19H19ClN2O5S/c1-27-15-4-2-3-13(11-15)7-9-21-19(24)16-12-14(5-6-17(16)20)22-18(23)8-10-28(22,25)26/h2-6,11-12H,7-10H2,1H3,(H,21,24). The molecule has 0 aromatic heterocycles. The zero-order chi connectivity index (χ0) is 20.3.